The number of hydrogen-bond acceptors (Lipinski definition) is 0. The van der Waals surface area contributed by atoms with Gasteiger partial charge in [-0.05, 0) is 17.5 Å². The zero-order chi connectivity index (χ0) is 7.68. The zero-order valence-electron chi connectivity index (χ0n) is 5.84. The quantitative estimate of drug-likeness (QED) is 0.742. The average molecular weight is 209 g/mol. The molecule has 0 bridgehead atoms. The predicted octanol–water partition coefficient (Wildman–Crippen LogP) is 3.07. The zero-order valence-corrected chi connectivity index (χ0v) is 7.43. The standard InChI is InChI=1S/C9H7BrN/c10-6-8-5-7-3-1-2-4-9(7)11-8/h1-6,11H. The van der Waals surface area contributed by atoms with Gasteiger partial charge in [-0.25, -0.2) is 0 Å². The van der Waals surface area contributed by atoms with Crippen molar-refractivity contribution in [3.05, 3.63) is 41.4 Å². The van der Waals surface area contributed by atoms with Gasteiger partial charge < -0.3 is 4.98 Å². The molecule has 0 aliphatic rings. The number of aromatic nitrogens is 1. The fourth-order valence-electron chi connectivity index (χ4n) is 1.15. The SMILES string of the molecule is Br[CH]c1cc2ccccc2[nH]1. The Bertz CT molecular complexity index is 331. The molecule has 0 aliphatic carbocycles. The van der Waals surface area contributed by atoms with Crippen LogP contribution in [0.25, 0.3) is 10.9 Å². The first-order valence-corrected chi connectivity index (χ1v) is 4.33. The maximum Gasteiger partial charge on any atom is 0.0726 e. The molecule has 0 atom stereocenters. The van der Waals surface area contributed by atoms with Crippen molar-refractivity contribution in [2.75, 3.05) is 0 Å². The smallest absolute Gasteiger partial charge is 0.0726 e. The van der Waals surface area contributed by atoms with Gasteiger partial charge in [0.2, 0.25) is 0 Å². The molecule has 2 aromatic rings. The van der Waals surface area contributed by atoms with Crippen molar-refractivity contribution in [3.63, 3.8) is 0 Å². The highest BCUT2D eigenvalue weighted by molar-refractivity contribution is 9.10. The summed E-state index contributed by atoms with van der Waals surface area (Å²) in [5.74, 6) is 0. The van der Waals surface area contributed by atoms with Gasteiger partial charge >= 0.3 is 0 Å². The van der Waals surface area contributed by atoms with Gasteiger partial charge in [0, 0.05) is 11.2 Å². The van der Waals surface area contributed by atoms with Crippen molar-refractivity contribution in [3.8, 4) is 0 Å². The number of fused-ring (bicyclic) bond motifs is 1. The molecule has 0 saturated heterocycles. The molecule has 11 heavy (non-hydrogen) atoms. The van der Waals surface area contributed by atoms with E-state index in [0.717, 1.165) is 5.69 Å². The fourth-order valence-corrected chi connectivity index (χ4v) is 1.40. The lowest BCUT2D eigenvalue weighted by molar-refractivity contribution is 1.39. The van der Waals surface area contributed by atoms with Crippen LogP contribution >= 0.6 is 15.9 Å². The number of halogens is 1. The molecule has 0 aliphatic heterocycles. The summed E-state index contributed by atoms with van der Waals surface area (Å²) >= 11 is 3.28. The number of nitrogens with one attached hydrogen (secondary N) is 1. The number of para-hydroxylation sites is 1. The maximum atomic E-state index is 3.28. The lowest BCUT2D eigenvalue weighted by atomic mass is 10.2. The third-order valence-corrected chi connectivity index (χ3v) is 2.16. The van der Waals surface area contributed by atoms with E-state index in [2.05, 4.69) is 39.1 Å². The molecule has 0 amide bonds. The van der Waals surface area contributed by atoms with Crippen LogP contribution < -0.4 is 0 Å². The maximum absolute atomic E-state index is 3.28. The molecule has 1 radical (unpaired) electrons. The van der Waals surface area contributed by atoms with Crippen LogP contribution in [0.2, 0.25) is 0 Å². The van der Waals surface area contributed by atoms with E-state index in [1.165, 1.54) is 10.9 Å². The van der Waals surface area contributed by atoms with Crippen LogP contribution in [-0.2, 0) is 0 Å². The highest BCUT2D eigenvalue weighted by atomic mass is 79.9. The van der Waals surface area contributed by atoms with Crippen molar-refractivity contribution in [2.24, 2.45) is 0 Å². The highest BCUT2D eigenvalue weighted by Crippen LogP contribution is 2.16. The Kier molecular flexibility index (Phi) is 1.70. The molecule has 0 spiro atoms. The van der Waals surface area contributed by atoms with Crippen LogP contribution in [0.3, 0.4) is 0 Å². The van der Waals surface area contributed by atoms with Crippen LogP contribution in [0, 0.1) is 5.33 Å². The topological polar surface area (TPSA) is 15.8 Å². The number of rotatable bonds is 1. The van der Waals surface area contributed by atoms with Gasteiger partial charge in [-0.3, -0.25) is 0 Å². The average Bonchev–Trinajstić information content (AvgIpc) is 2.46. The molecule has 1 aromatic carbocycles. The minimum atomic E-state index is 1.10. The van der Waals surface area contributed by atoms with Crippen molar-refractivity contribution in [1.82, 2.24) is 4.98 Å². The Morgan fingerprint density at radius 2 is 2.09 bits per heavy atom. The summed E-state index contributed by atoms with van der Waals surface area (Å²) in [4.78, 5) is 3.24. The molecule has 1 heterocycles. The minimum absolute atomic E-state index is 1.10. The first-order chi connectivity index (χ1) is 5.40. The Labute approximate surface area is 73.6 Å². The molecule has 55 valence electrons. The summed E-state index contributed by atoms with van der Waals surface area (Å²) in [5.41, 5.74) is 2.28. The Balaban J connectivity index is 2.69. The summed E-state index contributed by atoms with van der Waals surface area (Å²) in [6, 6.07) is 10.3. The van der Waals surface area contributed by atoms with Gasteiger partial charge in [0.25, 0.3) is 0 Å². The van der Waals surface area contributed by atoms with Gasteiger partial charge in [0.15, 0.2) is 0 Å². The van der Waals surface area contributed by atoms with Crippen LogP contribution in [0.1, 0.15) is 5.69 Å². The van der Waals surface area contributed by atoms with Gasteiger partial charge in [0.1, 0.15) is 0 Å². The second-order valence-corrected chi connectivity index (χ2v) is 2.88. The van der Waals surface area contributed by atoms with E-state index < -0.39 is 0 Å². The minimum Gasteiger partial charge on any atom is -0.357 e. The van der Waals surface area contributed by atoms with Gasteiger partial charge in [0.05, 0.1) is 5.33 Å². The second kappa shape index (κ2) is 2.70. The number of hydrogen-bond donors (Lipinski definition) is 1. The Hall–Kier alpha value is -0.760. The Morgan fingerprint density at radius 3 is 2.82 bits per heavy atom. The molecule has 0 fully saturated rings. The van der Waals surface area contributed by atoms with E-state index in [1.54, 1.807) is 0 Å². The lowest BCUT2D eigenvalue weighted by Crippen LogP contribution is -1.69. The summed E-state index contributed by atoms with van der Waals surface area (Å²) in [5, 5.41) is 3.13. The summed E-state index contributed by atoms with van der Waals surface area (Å²) in [6.07, 6.45) is 0. The first kappa shape index (κ1) is 6.92. The van der Waals surface area contributed by atoms with E-state index in [9.17, 15) is 0 Å². The molecule has 1 nitrogen and oxygen atoms in total. The highest BCUT2D eigenvalue weighted by Gasteiger charge is 1.96. The van der Waals surface area contributed by atoms with Crippen LogP contribution in [0.15, 0.2) is 30.3 Å². The molecule has 2 rings (SSSR count). The summed E-state index contributed by atoms with van der Waals surface area (Å²) in [6.45, 7) is 0. The summed E-state index contributed by atoms with van der Waals surface area (Å²) < 4.78 is 0. The molecular weight excluding hydrogens is 202 g/mol. The predicted molar refractivity (Wildman–Crippen MR) is 50.6 cm³/mol. The third kappa shape index (κ3) is 1.18. The van der Waals surface area contributed by atoms with Gasteiger partial charge in [-0.2, -0.15) is 0 Å². The molecule has 0 saturated carbocycles. The van der Waals surface area contributed by atoms with Crippen molar-refractivity contribution >= 4 is 26.8 Å². The number of H-pyrrole nitrogens is 1. The molecule has 0 unspecified atom stereocenters. The number of benzene rings is 1. The number of aromatic amines is 1. The largest absolute Gasteiger partial charge is 0.357 e. The van der Waals surface area contributed by atoms with Crippen molar-refractivity contribution in [1.29, 1.82) is 0 Å². The third-order valence-electron chi connectivity index (χ3n) is 1.67. The molecule has 1 N–H and O–H groups in total. The van der Waals surface area contributed by atoms with E-state index in [0.29, 0.717) is 0 Å². The Morgan fingerprint density at radius 1 is 1.27 bits per heavy atom. The van der Waals surface area contributed by atoms with E-state index >= 15 is 0 Å². The van der Waals surface area contributed by atoms with Crippen LogP contribution in [-0.4, -0.2) is 4.98 Å². The molecular formula is C9H7BrN. The lowest BCUT2D eigenvalue weighted by Gasteiger charge is -1.84. The van der Waals surface area contributed by atoms with E-state index in [-0.39, 0.29) is 0 Å². The van der Waals surface area contributed by atoms with E-state index in [1.807, 2.05) is 17.5 Å². The fraction of sp³-hybridized carbons (Fsp3) is 0. The van der Waals surface area contributed by atoms with Gasteiger partial charge in [-0.15, -0.1) is 0 Å². The van der Waals surface area contributed by atoms with Crippen LogP contribution in [0.5, 0.6) is 0 Å². The second-order valence-electron chi connectivity index (χ2n) is 2.42. The van der Waals surface area contributed by atoms with Gasteiger partial charge in [-0.1, -0.05) is 34.1 Å². The first-order valence-electron chi connectivity index (χ1n) is 3.41. The monoisotopic (exact) mass is 208 g/mol. The van der Waals surface area contributed by atoms with E-state index in [4.69, 9.17) is 0 Å². The molecule has 2 heteroatoms. The molecule has 1 aromatic heterocycles. The summed E-state index contributed by atoms with van der Waals surface area (Å²) in [7, 11) is 0. The van der Waals surface area contributed by atoms with Crippen LogP contribution in [0.4, 0.5) is 0 Å². The normalized spacial score (nSPS) is 10.6. The van der Waals surface area contributed by atoms with Crippen molar-refractivity contribution < 1.29 is 0 Å². The van der Waals surface area contributed by atoms with Crippen molar-refractivity contribution in [2.45, 2.75) is 0 Å².